The van der Waals surface area contributed by atoms with Crippen molar-refractivity contribution in [2.24, 2.45) is 11.8 Å². The second kappa shape index (κ2) is 8.37. The molecule has 0 saturated heterocycles. The van der Waals surface area contributed by atoms with Crippen LogP contribution in [0.2, 0.25) is 0 Å². The first-order valence-electron chi connectivity index (χ1n) is 6.89. The molecule has 0 spiro atoms. The smallest absolute Gasteiger partial charge is 0.0329 e. The number of rotatable bonds is 7. The number of thioether (sulfide) groups is 1. The topological polar surface area (TPSA) is 38.0 Å². The lowest BCUT2D eigenvalue weighted by Gasteiger charge is -2.27. The molecule has 0 heterocycles. The first-order valence-corrected chi connectivity index (χ1v) is 7.94. The van der Waals surface area contributed by atoms with Crippen molar-refractivity contribution in [2.75, 3.05) is 5.75 Å². The first kappa shape index (κ1) is 14.3. The van der Waals surface area contributed by atoms with Gasteiger partial charge in [0, 0.05) is 17.0 Å². The summed E-state index contributed by atoms with van der Waals surface area (Å²) in [5.41, 5.74) is 3.02. The average Bonchev–Trinajstić information content (AvgIpc) is 2.35. The zero-order valence-corrected chi connectivity index (χ0v) is 11.7. The SMILES string of the molecule is CCC(CC)C(CSC1CCCCC1)NN. The Hall–Kier alpha value is 0.270. The van der Waals surface area contributed by atoms with E-state index in [9.17, 15) is 0 Å². The molecule has 0 aromatic carbocycles. The molecule has 0 bridgehead atoms. The summed E-state index contributed by atoms with van der Waals surface area (Å²) in [6.45, 7) is 4.54. The molecule has 1 unspecified atom stereocenters. The van der Waals surface area contributed by atoms with Crippen molar-refractivity contribution in [3.8, 4) is 0 Å². The third kappa shape index (κ3) is 4.64. The predicted octanol–water partition coefficient (Wildman–Crippen LogP) is 3.32. The third-order valence-corrected chi connectivity index (χ3v) is 5.39. The Morgan fingerprint density at radius 3 is 2.31 bits per heavy atom. The lowest BCUT2D eigenvalue weighted by atomic mass is 9.96. The van der Waals surface area contributed by atoms with Gasteiger partial charge in [-0.25, -0.2) is 0 Å². The number of nitrogens with one attached hydrogen (secondary N) is 1. The highest BCUT2D eigenvalue weighted by Gasteiger charge is 2.20. The molecule has 0 aromatic heterocycles. The second-order valence-corrected chi connectivity index (χ2v) is 6.28. The van der Waals surface area contributed by atoms with Crippen LogP contribution in [-0.4, -0.2) is 17.0 Å². The molecule has 3 heteroatoms. The van der Waals surface area contributed by atoms with Gasteiger partial charge in [0.05, 0.1) is 0 Å². The van der Waals surface area contributed by atoms with Crippen molar-refractivity contribution in [3.05, 3.63) is 0 Å². The number of hydrazine groups is 1. The monoisotopic (exact) mass is 244 g/mol. The summed E-state index contributed by atoms with van der Waals surface area (Å²) < 4.78 is 0. The van der Waals surface area contributed by atoms with E-state index in [1.165, 1.54) is 50.7 Å². The Morgan fingerprint density at radius 2 is 1.81 bits per heavy atom. The molecule has 1 rings (SSSR count). The van der Waals surface area contributed by atoms with Crippen LogP contribution in [-0.2, 0) is 0 Å². The molecule has 0 aliphatic heterocycles. The normalized spacial score (nSPS) is 20.2. The molecular formula is C13H28N2S. The van der Waals surface area contributed by atoms with Gasteiger partial charge in [0.1, 0.15) is 0 Å². The quantitative estimate of drug-likeness (QED) is 0.533. The predicted molar refractivity (Wildman–Crippen MR) is 74.5 cm³/mol. The van der Waals surface area contributed by atoms with Crippen molar-refractivity contribution < 1.29 is 0 Å². The molecule has 0 radical (unpaired) electrons. The molecule has 1 atom stereocenters. The standard InChI is InChI=1S/C13H28N2S/c1-3-11(4-2)13(15-14)10-16-12-8-6-5-7-9-12/h11-13,15H,3-10,14H2,1-2H3. The van der Waals surface area contributed by atoms with Gasteiger partial charge in [0.2, 0.25) is 0 Å². The first-order chi connectivity index (χ1) is 7.81. The third-order valence-electron chi connectivity index (χ3n) is 3.90. The summed E-state index contributed by atoms with van der Waals surface area (Å²) in [7, 11) is 0. The fourth-order valence-corrected chi connectivity index (χ4v) is 4.16. The minimum Gasteiger partial charge on any atom is -0.271 e. The molecule has 2 nitrogen and oxygen atoms in total. The van der Waals surface area contributed by atoms with E-state index in [0.29, 0.717) is 6.04 Å². The highest BCUT2D eigenvalue weighted by atomic mass is 32.2. The van der Waals surface area contributed by atoms with Gasteiger partial charge in [0.25, 0.3) is 0 Å². The van der Waals surface area contributed by atoms with E-state index in [4.69, 9.17) is 5.84 Å². The maximum absolute atomic E-state index is 5.68. The van der Waals surface area contributed by atoms with E-state index >= 15 is 0 Å². The fraction of sp³-hybridized carbons (Fsp3) is 1.00. The van der Waals surface area contributed by atoms with Crippen molar-refractivity contribution >= 4 is 11.8 Å². The van der Waals surface area contributed by atoms with Crippen LogP contribution in [0.3, 0.4) is 0 Å². The summed E-state index contributed by atoms with van der Waals surface area (Å²) in [6, 6.07) is 0.502. The van der Waals surface area contributed by atoms with Crippen LogP contribution in [0.5, 0.6) is 0 Å². The van der Waals surface area contributed by atoms with Gasteiger partial charge in [0.15, 0.2) is 0 Å². The van der Waals surface area contributed by atoms with Gasteiger partial charge in [-0.3, -0.25) is 11.3 Å². The molecule has 3 N–H and O–H groups in total. The van der Waals surface area contributed by atoms with Crippen LogP contribution in [0.4, 0.5) is 0 Å². The lowest BCUT2D eigenvalue weighted by molar-refractivity contribution is 0.363. The molecular weight excluding hydrogens is 216 g/mol. The summed E-state index contributed by atoms with van der Waals surface area (Å²) in [6.07, 6.45) is 9.62. The summed E-state index contributed by atoms with van der Waals surface area (Å²) >= 11 is 2.15. The Labute approximate surface area is 105 Å². The zero-order chi connectivity index (χ0) is 11.8. The van der Waals surface area contributed by atoms with Crippen molar-refractivity contribution in [1.82, 2.24) is 5.43 Å². The minimum absolute atomic E-state index is 0.502. The number of hydrogen-bond donors (Lipinski definition) is 2. The van der Waals surface area contributed by atoms with Gasteiger partial charge >= 0.3 is 0 Å². The van der Waals surface area contributed by atoms with Gasteiger partial charge in [-0.1, -0.05) is 46.0 Å². The maximum Gasteiger partial charge on any atom is 0.0329 e. The van der Waals surface area contributed by atoms with Crippen LogP contribution in [0, 0.1) is 5.92 Å². The fourth-order valence-electron chi connectivity index (χ4n) is 2.65. The Bertz CT molecular complexity index is 165. The molecule has 0 aromatic rings. The molecule has 96 valence electrons. The van der Waals surface area contributed by atoms with Gasteiger partial charge in [-0.2, -0.15) is 11.8 Å². The maximum atomic E-state index is 5.68. The molecule has 16 heavy (non-hydrogen) atoms. The van der Waals surface area contributed by atoms with E-state index in [1.54, 1.807) is 0 Å². The van der Waals surface area contributed by atoms with Gasteiger partial charge in [-0.05, 0) is 18.8 Å². The molecule has 1 aliphatic rings. The second-order valence-electron chi connectivity index (χ2n) is 4.94. The highest BCUT2D eigenvalue weighted by molar-refractivity contribution is 7.99. The van der Waals surface area contributed by atoms with E-state index < -0.39 is 0 Å². The highest BCUT2D eigenvalue weighted by Crippen LogP contribution is 2.29. The summed E-state index contributed by atoms with van der Waals surface area (Å²) in [5.74, 6) is 7.60. The summed E-state index contributed by atoms with van der Waals surface area (Å²) in [4.78, 5) is 0. The Morgan fingerprint density at radius 1 is 1.19 bits per heavy atom. The van der Waals surface area contributed by atoms with Crippen molar-refractivity contribution in [2.45, 2.75) is 70.1 Å². The molecule has 1 aliphatic carbocycles. The van der Waals surface area contributed by atoms with Crippen LogP contribution in [0.1, 0.15) is 58.8 Å². The van der Waals surface area contributed by atoms with Crippen LogP contribution < -0.4 is 11.3 Å². The molecule has 1 fully saturated rings. The van der Waals surface area contributed by atoms with E-state index in [0.717, 1.165) is 11.2 Å². The van der Waals surface area contributed by atoms with Crippen LogP contribution >= 0.6 is 11.8 Å². The minimum atomic E-state index is 0.502. The van der Waals surface area contributed by atoms with Gasteiger partial charge in [-0.15, -0.1) is 0 Å². The van der Waals surface area contributed by atoms with Crippen molar-refractivity contribution in [1.29, 1.82) is 0 Å². The number of hydrogen-bond acceptors (Lipinski definition) is 3. The Kier molecular flexibility index (Phi) is 7.50. The largest absolute Gasteiger partial charge is 0.271 e. The Balaban J connectivity index is 2.26. The molecule has 0 amide bonds. The van der Waals surface area contributed by atoms with E-state index in [-0.39, 0.29) is 0 Å². The summed E-state index contributed by atoms with van der Waals surface area (Å²) in [5, 5.41) is 0.902. The molecule has 1 saturated carbocycles. The number of nitrogens with two attached hydrogens (primary N) is 1. The zero-order valence-electron chi connectivity index (χ0n) is 10.9. The van der Waals surface area contributed by atoms with E-state index in [1.807, 2.05) is 0 Å². The van der Waals surface area contributed by atoms with Crippen LogP contribution in [0.15, 0.2) is 0 Å². The van der Waals surface area contributed by atoms with Gasteiger partial charge < -0.3 is 0 Å². The lowest BCUT2D eigenvalue weighted by Crippen LogP contribution is -2.42. The average molecular weight is 244 g/mol. The van der Waals surface area contributed by atoms with Crippen molar-refractivity contribution in [3.63, 3.8) is 0 Å². The van der Waals surface area contributed by atoms with E-state index in [2.05, 4.69) is 31.0 Å². The van der Waals surface area contributed by atoms with Crippen LogP contribution in [0.25, 0.3) is 0 Å².